The molecule has 0 radical (unpaired) electrons. The summed E-state index contributed by atoms with van der Waals surface area (Å²) in [4.78, 5) is 57.7. The van der Waals surface area contributed by atoms with Crippen LogP contribution in [0.5, 0.6) is 0 Å². The van der Waals surface area contributed by atoms with Gasteiger partial charge in [0, 0.05) is 26.4 Å². The first-order valence-corrected chi connectivity index (χ1v) is 29.2. The van der Waals surface area contributed by atoms with Gasteiger partial charge in [0.1, 0.15) is 17.3 Å². The summed E-state index contributed by atoms with van der Waals surface area (Å²) in [7, 11) is 3.09. The number of hydrogen-bond donors (Lipinski definition) is 2. The van der Waals surface area contributed by atoms with Crippen LogP contribution >= 0.6 is 0 Å². The highest BCUT2D eigenvalue weighted by Crippen LogP contribution is 2.19. The Bertz CT molecular complexity index is 1210. The Kier molecular flexibility index (Phi) is 49.2. The van der Waals surface area contributed by atoms with Gasteiger partial charge in [0.15, 0.2) is 0 Å². The van der Waals surface area contributed by atoms with Crippen LogP contribution < -0.4 is 10.8 Å². The lowest BCUT2D eigenvalue weighted by Crippen LogP contribution is -2.43. The number of amides is 2. The van der Waals surface area contributed by atoms with Crippen LogP contribution in [0.2, 0.25) is 0 Å². The molecule has 0 aromatic heterocycles. The van der Waals surface area contributed by atoms with Crippen LogP contribution in [-0.4, -0.2) is 105 Å². The fourth-order valence-corrected chi connectivity index (χ4v) is 8.25. The van der Waals surface area contributed by atoms with Crippen molar-refractivity contribution in [2.24, 2.45) is 0 Å². The fourth-order valence-electron chi connectivity index (χ4n) is 8.25. The van der Waals surface area contributed by atoms with Crippen molar-refractivity contribution in [1.29, 1.82) is 0 Å². The summed E-state index contributed by atoms with van der Waals surface area (Å²) >= 11 is 0. The molecule has 0 rings (SSSR count). The second kappa shape index (κ2) is 49.6. The van der Waals surface area contributed by atoms with Gasteiger partial charge in [0.25, 0.3) is 0 Å². The molecular formula is C58H116N4O9. The number of carbonyl (C=O) groups excluding carboxylic acids is 4. The van der Waals surface area contributed by atoms with Crippen LogP contribution in [0.15, 0.2) is 0 Å². The third-order valence-corrected chi connectivity index (χ3v) is 12.3. The fraction of sp³-hybridized carbons (Fsp3) is 0.931. The monoisotopic (exact) mass is 1010 g/mol. The Morgan fingerprint density at radius 3 is 1.32 bits per heavy atom. The van der Waals surface area contributed by atoms with E-state index in [1.54, 1.807) is 12.0 Å². The minimum Gasteiger partial charge on any atom is -0.466 e. The lowest BCUT2D eigenvalue weighted by atomic mass is 10.0. The van der Waals surface area contributed by atoms with Crippen molar-refractivity contribution in [3.63, 3.8) is 0 Å². The van der Waals surface area contributed by atoms with Gasteiger partial charge in [0.2, 0.25) is 0 Å². The van der Waals surface area contributed by atoms with Crippen molar-refractivity contribution in [3.05, 3.63) is 0 Å². The van der Waals surface area contributed by atoms with Gasteiger partial charge in [-0.25, -0.2) is 9.59 Å². The molecule has 71 heavy (non-hydrogen) atoms. The molecule has 0 spiro atoms. The number of rotatable bonds is 46. The third kappa shape index (κ3) is 53.5. The number of unbranched alkanes of at least 4 members (excludes halogenated alkanes) is 24. The van der Waals surface area contributed by atoms with E-state index in [4.69, 9.17) is 23.8 Å². The van der Waals surface area contributed by atoms with Crippen LogP contribution in [0.4, 0.5) is 9.59 Å². The lowest BCUT2D eigenvalue weighted by molar-refractivity contribution is -0.150. The Hall–Kier alpha value is -2.64. The lowest BCUT2D eigenvalue weighted by Gasteiger charge is -2.28. The molecule has 0 unspecified atom stereocenters. The molecule has 0 saturated carbocycles. The topological polar surface area (TPSA) is 145 Å². The first-order chi connectivity index (χ1) is 34.0. The van der Waals surface area contributed by atoms with E-state index in [1.807, 2.05) is 41.5 Å². The predicted octanol–water partition coefficient (Wildman–Crippen LogP) is 15.6. The molecule has 2 N–H and O–H groups in total. The number of ether oxygens (including phenoxy) is 4. The number of hydrogen-bond acceptors (Lipinski definition) is 11. The van der Waals surface area contributed by atoms with Crippen molar-refractivity contribution in [2.75, 3.05) is 53.6 Å². The van der Waals surface area contributed by atoms with Gasteiger partial charge in [0.05, 0.1) is 20.4 Å². The molecule has 0 bridgehead atoms. The number of hydroxylamine groups is 1. The first kappa shape index (κ1) is 70.4. The van der Waals surface area contributed by atoms with E-state index in [2.05, 4.69) is 36.5 Å². The number of esters is 2. The van der Waals surface area contributed by atoms with Gasteiger partial charge < -0.3 is 34.0 Å². The van der Waals surface area contributed by atoms with E-state index < -0.39 is 5.60 Å². The van der Waals surface area contributed by atoms with E-state index >= 15 is 0 Å². The quantitative estimate of drug-likeness (QED) is 0.0198. The average molecular weight is 1010 g/mol. The smallest absolute Gasteiger partial charge is 0.411 e. The molecule has 0 fully saturated rings. The Labute approximate surface area is 437 Å². The maximum absolute atomic E-state index is 12.9. The molecule has 0 aliphatic carbocycles. The number of nitrogens with zero attached hydrogens (tertiary/aromatic N) is 2. The van der Waals surface area contributed by atoms with Crippen molar-refractivity contribution in [1.82, 2.24) is 20.6 Å². The minimum atomic E-state index is -0.564. The van der Waals surface area contributed by atoms with Gasteiger partial charge in [-0.1, -0.05) is 162 Å². The zero-order chi connectivity index (χ0) is 53.3. The van der Waals surface area contributed by atoms with E-state index in [0.717, 1.165) is 116 Å². The number of alkyl carbamates (subject to hydrolysis) is 1. The maximum Gasteiger partial charge on any atom is 0.411 e. The largest absolute Gasteiger partial charge is 0.466 e. The van der Waals surface area contributed by atoms with E-state index in [1.165, 1.54) is 116 Å². The molecule has 0 atom stereocenters. The van der Waals surface area contributed by atoms with Crippen molar-refractivity contribution in [2.45, 2.75) is 298 Å². The zero-order valence-electron chi connectivity index (χ0n) is 48.4. The summed E-state index contributed by atoms with van der Waals surface area (Å²) in [6, 6.07) is 0. The highest BCUT2D eigenvalue weighted by Gasteiger charge is 2.22. The molecule has 13 nitrogen and oxygen atoms in total. The SMILES string of the molecule is CCCCCCCCCOC(=O)CCCCCCCN(CCCCCCCC(=O)OC(CCCCCCCC)CCCCCCCC)CCCN(CNOC)C(=O)OC(C)(C)C.CNC(=O)OC(C)(C)C. The minimum absolute atomic E-state index is 0.00185. The molecular weight excluding hydrogens is 897 g/mol. The van der Waals surface area contributed by atoms with E-state index in [0.29, 0.717) is 26.0 Å². The van der Waals surface area contributed by atoms with Crippen LogP contribution in [-0.2, 0) is 33.4 Å². The number of carbonyl (C=O) groups is 4. The van der Waals surface area contributed by atoms with Gasteiger partial charge in [-0.2, -0.15) is 5.48 Å². The summed E-state index contributed by atoms with van der Waals surface area (Å²) in [6.07, 6.45) is 37.7. The molecule has 0 aromatic rings. The van der Waals surface area contributed by atoms with Crippen LogP contribution in [0.25, 0.3) is 0 Å². The Balaban J connectivity index is 0. The molecule has 13 heteroatoms. The second-order valence-electron chi connectivity index (χ2n) is 21.8. The summed E-state index contributed by atoms with van der Waals surface area (Å²) in [6.45, 7) is 22.2. The molecule has 0 aliphatic heterocycles. The molecule has 422 valence electrons. The average Bonchev–Trinajstić information content (AvgIpc) is 3.31. The van der Waals surface area contributed by atoms with E-state index in [-0.39, 0.29) is 42.5 Å². The van der Waals surface area contributed by atoms with Gasteiger partial charge >= 0.3 is 24.1 Å². The van der Waals surface area contributed by atoms with Crippen molar-refractivity contribution >= 4 is 24.1 Å². The Morgan fingerprint density at radius 1 is 0.479 bits per heavy atom. The standard InChI is InChI=1S/C52H103N3O7.C6H13NO2/c1-8-11-14-17-20-29-36-46-60-49(56)40-32-25-21-27-34-42-54(44-37-45-55(47-53-59-7)51(58)62-52(4,5)6)43-35-28-22-26-33-41-50(57)61-48(38-30-23-18-15-12-9-2)39-31-24-19-16-13-10-3;1-6(2,3)9-5(8)7-4/h48,53H,8-47H2,1-7H3;1-4H3,(H,7,8). The van der Waals surface area contributed by atoms with Gasteiger partial charge in [-0.05, 0) is 125 Å². The Morgan fingerprint density at radius 2 is 0.887 bits per heavy atom. The molecule has 0 saturated heterocycles. The third-order valence-electron chi connectivity index (χ3n) is 12.3. The molecule has 2 amide bonds. The highest BCUT2D eigenvalue weighted by atomic mass is 16.6. The summed E-state index contributed by atoms with van der Waals surface area (Å²) in [5.41, 5.74) is 1.85. The molecule has 0 aromatic carbocycles. The highest BCUT2D eigenvalue weighted by molar-refractivity contribution is 5.70. The second-order valence-corrected chi connectivity index (χ2v) is 21.8. The van der Waals surface area contributed by atoms with Crippen LogP contribution in [0.1, 0.15) is 281 Å². The number of nitrogens with one attached hydrogen (secondary N) is 2. The zero-order valence-corrected chi connectivity index (χ0v) is 48.4. The molecule has 0 heterocycles. The van der Waals surface area contributed by atoms with Crippen molar-refractivity contribution in [3.8, 4) is 0 Å². The summed E-state index contributed by atoms with van der Waals surface area (Å²) in [5.74, 6) is -0.0486. The van der Waals surface area contributed by atoms with Gasteiger partial charge in [-0.15, -0.1) is 0 Å². The van der Waals surface area contributed by atoms with Crippen molar-refractivity contribution < 1.29 is 43.0 Å². The predicted molar refractivity (Wildman–Crippen MR) is 295 cm³/mol. The normalized spacial score (nSPS) is 11.6. The summed E-state index contributed by atoms with van der Waals surface area (Å²) < 4.78 is 22.0. The first-order valence-electron chi connectivity index (χ1n) is 29.2. The summed E-state index contributed by atoms with van der Waals surface area (Å²) in [5, 5.41) is 2.36. The maximum atomic E-state index is 12.9. The van der Waals surface area contributed by atoms with Crippen LogP contribution in [0, 0.1) is 0 Å². The van der Waals surface area contributed by atoms with Gasteiger partial charge in [-0.3, -0.25) is 14.5 Å². The van der Waals surface area contributed by atoms with E-state index in [9.17, 15) is 19.2 Å². The van der Waals surface area contributed by atoms with Crippen LogP contribution in [0.3, 0.4) is 0 Å². The molecule has 0 aliphatic rings.